The van der Waals surface area contributed by atoms with Crippen molar-refractivity contribution in [2.24, 2.45) is 10.6 Å². The van der Waals surface area contributed by atoms with E-state index < -0.39 is 12.2 Å². The Morgan fingerprint density at radius 1 is 0.976 bits per heavy atom. The standard InChI is InChI=1S/C31H42N4O6/c1-19-9-10-22(16-24(19)25-17-26(41-35-25)28(37)32-18-30(2,3)4)33-27(36)20-13-21(31(5,6)7)15-23(14-20)34-29(38)40-12-11-39-8/h9-10,13-16,26H,11-12,17-18H2,1-8H3,(H,32,37)(H,33,36)(H,34,38). The molecular formula is C31H42N4O6. The van der Waals surface area contributed by atoms with Crippen molar-refractivity contribution >= 4 is 35.0 Å². The molecule has 1 atom stereocenters. The summed E-state index contributed by atoms with van der Waals surface area (Å²) in [5.41, 5.74) is 4.31. The second-order valence-corrected chi connectivity index (χ2v) is 12.4. The van der Waals surface area contributed by atoms with E-state index in [4.69, 9.17) is 14.3 Å². The van der Waals surface area contributed by atoms with Crippen LogP contribution in [0, 0.1) is 12.3 Å². The molecule has 0 aromatic heterocycles. The third-order valence-electron chi connectivity index (χ3n) is 6.39. The van der Waals surface area contributed by atoms with Crippen LogP contribution in [-0.4, -0.2) is 56.6 Å². The Morgan fingerprint density at radius 3 is 2.37 bits per heavy atom. The van der Waals surface area contributed by atoms with Crippen LogP contribution in [0.15, 0.2) is 41.6 Å². The molecule has 222 valence electrons. The lowest BCUT2D eigenvalue weighted by atomic mass is 9.85. The van der Waals surface area contributed by atoms with Crippen LogP contribution in [0.2, 0.25) is 0 Å². The molecule has 3 amide bonds. The minimum absolute atomic E-state index is 0.0440. The van der Waals surface area contributed by atoms with Gasteiger partial charge in [0.15, 0.2) is 0 Å². The van der Waals surface area contributed by atoms with Gasteiger partial charge in [0.05, 0.1) is 12.3 Å². The highest BCUT2D eigenvalue weighted by Crippen LogP contribution is 2.28. The highest BCUT2D eigenvalue weighted by molar-refractivity contribution is 6.08. The van der Waals surface area contributed by atoms with Gasteiger partial charge in [0.25, 0.3) is 11.8 Å². The number of hydrogen-bond donors (Lipinski definition) is 3. The molecule has 3 N–H and O–H groups in total. The Morgan fingerprint density at radius 2 is 1.71 bits per heavy atom. The van der Waals surface area contributed by atoms with E-state index in [9.17, 15) is 14.4 Å². The van der Waals surface area contributed by atoms with Crippen molar-refractivity contribution in [3.8, 4) is 0 Å². The average molecular weight is 567 g/mol. The van der Waals surface area contributed by atoms with Crippen molar-refractivity contribution in [1.82, 2.24) is 5.32 Å². The van der Waals surface area contributed by atoms with Gasteiger partial charge in [-0.25, -0.2) is 4.79 Å². The Bertz CT molecular complexity index is 1310. The molecule has 2 aromatic carbocycles. The first-order valence-corrected chi connectivity index (χ1v) is 13.7. The monoisotopic (exact) mass is 566 g/mol. The topological polar surface area (TPSA) is 127 Å². The smallest absolute Gasteiger partial charge is 0.411 e. The van der Waals surface area contributed by atoms with Crippen molar-refractivity contribution < 1.29 is 28.7 Å². The van der Waals surface area contributed by atoms with Crippen LogP contribution in [0.1, 0.15) is 75.0 Å². The predicted molar refractivity (Wildman–Crippen MR) is 160 cm³/mol. The number of nitrogens with one attached hydrogen (secondary N) is 3. The first-order valence-electron chi connectivity index (χ1n) is 13.7. The maximum atomic E-state index is 13.4. The van der Waals surface area contributed by atoms with Gasteiger partial charge in [-0.2, -0.15) is 0 Å². The highest BCUT2D eigenvalue weighted by atomic mass is 16.6. The van der Waals surface area contributed by atoms with Gasteiger partial charge in [0, 0.05) is 42.6 Å². The molecule has 10 heteroatoms. The van der Waals surface area contributed by atoms with Crippen molar-refractivity contribution in [2.75, 3.05) is 37.5 Å². The molecule has 1 aliphatic rings. The minimum Gasteiger partial charge on any atom is -0.447 e. The molecular weight excluding hydrogens is 524 g/mol. The highest BCUT2D eigenvalue weighted by Gasteiger charge is 2.30. The molecule has 0 aliphatic carbocycles. The molecule has 0 fully saturated rings. The average Bonchev–Trinajstić information content (AvgIpc) is 3.37. The lowest BCUT2D eigenvalue weighted by molar-refractivity contribution is -0.131. The van der Waals surface area contributed by atoms with Crippen molar-refractivity contribution in [2.45, 2.75) is 66.4 Å². The van der Waals surface area contributed by atoms with Crippen LogP contribution >= 0.6 is 0 Å². The van der Waals surface area contributed by atoms with E-state index in [0.717, 1.165) is 16.7 Å². The fourth-order valence-corrected chi connectivity index (χ4v) is 3.99. The maximum Gasteiger partial charge on any atom is 0.411 e. The third kappa shape index (κ3) is 9.31. The van der Waals surface area contributed by atoms with Crippen molar-refractivity contribution in [1.29, 1.82) is 0 Å². The number of ether oxygens (including phenoxy) is 2. The molecule has 41 heavy (non-hydrogen) atoms. The zero-order valence-electron chi connectivity index (χ0n) is 25.3. The number of methoxy groups -OCH3 is 1. The summed E-state index contributed by atoms with van der Waals surface area (Å²) in [5, 5.41) is 12.7. The maximum absolute atomic E-state index is 13.4. The molecule has 0 radical (unpaired) electrons. The van der Waals surface area contributed by atoms with Gasteiger partial charge in [-0.15, -0.1) is 0 Å². The number of anilines is 2. The van der Waals surface area contributed by atoms with Crippen LogP contribution in [0.5, 0.6) is 0 Å². The van der Waals surface area contributed by atoms with Gasteiger partial charge in [-0.05, 0) is 59.2 Å². The van der Waals surface area contributed by atoms with Crippen LogP contribution in [0.4, 0.5) is 16.2 Å². The fourth-order valence-electron chi connectivity index (χ4n) is 3.99. The van der Waals surface area contributed by atoms with Gasteiger partial charge in [0.1, 0.15) is 6.61 Å². The third-order valence-corrected chi connectivity index (χ3v) is 6.39. The lowest BCUT2D eigenvalue weighted by Gasteiger charge is -2.21. The predicted octanol–water partition coefficient (Wildman–Crippen LogP) is 5.40. The Balaban J connectivity index is 1.76. The number of hydrogen-bond acceptors (Lipinski definition) is 7. The van der Waals surface area contributed by atoms with E-state index in [1.807, 2.05) is 72.7 Å². The molecule has 1 aliphatic heterocycles. The van der Waals surface area contributed by atoms with E-state index in [0.29, 0.717) is 35.6 Å². The number of carbonyl (C=O) groups is 3. The quantitative estimate of drug-likeness (QED) is 0.349. The van der Waals surface area contributed by atoms with Gasteiger partial charge in [-0.1, -0.05) is 52.8 Å². The van der Waals surface area contributed by atoms with Crippen molar-refractivity contribution in [3.05, 3.63) is 58.7 Å². The Hall–Kier alpha value is -3.92. The number of benzene rings is 2. The molecule has 0 saturated heterocycles. The number of oxime groups is 1. The molecule has 2 aromatic rings. The van der Waals surface area contributed by atoms with Crippen LogP contribution in [0.25, 0.3) is 0 Å². The van der Waals surface area contributed by atoms with Gasteiger partial charge in [0.2, 0.25) is 6.10 Å². The molecule has 0 saturated carbocycles. The molecule has 10 nitrogen and oxygen atoms in total. The number of aryl methyl sites for hydroxylation is 1. The van der Waals surface area contributed by atoms with E-state index in [-0.39, 0.29) is 35.9 Å². The molecule has 1 unspecified atom stereocenters. The number of carbonyl (C=O) groups excluding carboxylic acids is 3. The SMILES string of the molecule is COCCOC(=O)Nc1cc(C(=O)Nc2ccc(C)c(C3=NOC(C(=O)NCC(C)(C)C)C3)c2)cc(C(C)(C)C)c1. The molecule has 1 heterocycles. The second kappa shape index (κ2) is 13.2. The normalized spacial score (nSPS) is 15.0. The summed E-state index contributed by atoms with van der Waals surface area (Å²) < 4.78 is 10.0. The second-order valence-electron chi connectivity index (χ2n) is 12.4. The van der Waals surface area contributed by atoms with E-state index in [1.54, 1.807) is 12.1 Å². The number of rotatable bonds is 9. The first kappa shape index (κ1) is 31.6. The largest absolute Gasteiger partial charge is 0.447 e. The van der Waals surface area contributed by atoms with E-state index in [2.05, 4.69) is 21.1 Å². The summed E-state index contributed by atoms with van der Waals surface area (Å²) in [7, 11) is 1.52. The van der Waals surface area contributed by atoms with Crippen LogP contribution < -0.4 is 16.0 Å². The zero-order valence-corrected chi connectivity index (χ0v) is 25.3. The summed E-state index contributed by atoms with van der Waals surface area (Å²) >= 11 is 0. The molecule has 0 spiro atoms. The summed E-state index contributed by atoms with van der Waals surface area (Å²) in [4.78, 5) is 43.6. The molecule has 0 bridgehead atoms. The molecule has 3 rings (SSSR count). The van der Waals surface area contributed by atoms with Crippen molar-refractivity contribution in [3.63, 3.8) is 0 Å². The fraction of sp³-hybridized carbons (Fsp3) is 0.484. The summed E-state index contributed by atoms with van der Waals surface area (Å²) in [6.07, 6.45) is -0.998. The summed E-state index contributed by atoms with van der Waals surface area (Å²) in [6.45, 7) is 15.1. The number of nitrogens with zero attached hydrogens (tertiary/aromatic N) is 1. The van der Waals surface area contributed by atoms with Gasteiger partial charge < -0.3 is 24.9 Å². The summed E-state index contributed by atoms with van der Waals surface area (Å²) in [5.74, 6) is -0.544. The van der Waals surface area contributed by atoms with E-state index in [1.165, 1.54) is 7.11 Å². The number of amides is 3. The first-order chi connectivity index (χ1) is 19.2. The Labute approximate surface area is 242 Å². The Kier molecular flexibility index (Phi) is 10.1. The minimum atomic E-state index is -0.697. The van der Waals surface area contributed by atoms with Gasteiger partial charge >= 0.3 is 6.09 Å². The van der Waals surface area contributed by atoms with Crippen LogP contribution in [0.3, 0.4) is 0 Å². The zero-order chi connectivity index (χ0) is 30.4. The van der Waals surface area contributed by atoms with E-state index >= 15 is 0 Å². The lowest BCUT2D eigenvalue weighted by Crippen LogP contribution is -2.39. The van der Waals surface area contributed by atoms with Gasteiger partial charge in [-0.3, -0.25) is 14.9 Å². The van der Waals surface area contributed by atoms with Crippen LogP contribution in [-0.2, 0) is 24.5 Å². The summed E-state index contributed by atoms with van der Waals surface area (Å²) in [6, 6.07) is 10.7.